The molecule has 0 N–H and O–H groups in total. The SMILES string of the molecule is C=C1CO[C@@H](OC)[C@@]12C[C@H]1C[C@H](OC(C)=O)C[C@H](C)[C@@]1(C)[C@@H]2OC(C)=O. The van der Waals surface area contributed by atoms with E-state index in [-0.39, 0.29) is 41.4 Å². The van der Waals surface area contributed by atoms with E-state index in [1.807, 2.05) is 0 Å². The number of esters is 2. The molecule has 1 spiro atoms. The molecule has 0 aromatic heterocycles. The van der Waals surface area contributed by atoms with Gasteiger partial charge in [0.25, 0.3) is 0 Å². The molecule has 146 valence electrons. The largest absolute Gasteiger partial charge is 0.463 e. The van der Waals surface area contributed by atoms with Crippen molar-refractivity contribution >= 4 is 11.9 Å². The van der Waals surface area contributed by atoms with Crippen LogP contribution >= 0.6 is 0 Å². The summed E-state index contributed by atoms with van der Waals surface area (Å²) in [5.74, 6) is -0.130. The third-order valence-corrected chi connectivity index (χ3v) is 7.04. The molecule has 0 aromatic rings. The summed E-state index contributed by atoms with van der Waals surface area (Å²) in [6, 6.07) is 0. The first-order chi connectivity index (χ1) is 12.2. The van der Waals surface area contributed by atoms with E-state index in [9.17, 15) is 9.59 Å². The van der Waals surface area contributed by atoms with Gasteiger partial charge in [0.15, 0.2) is 6.29 Å². The highest BCUT2D eigenvalue weighted by atomic mass is 16.7. The number of rotatable bonds is 3. The molecule has 0 amide bonds. The Kier molecular flexibility index (Phi) is 4.95. The lowest BCUT2D eigenvalue weighted by atomic mass is 9.60. The van der Waals surface area contributed by atoms with Gasteiger partial charge in [-0.2, -0.15) is 0 Å². The van der Waals surface area contributed by atoms with Crippen LogP contribution in [-0.2, 0) is 28.5 Å². The summed E-state index contributed by atoms with van der Waals surface area (Å²) in [5, 5.41) is 0. The average molecular weight is 366 g/mol. The quantitative estimate of drug-likeness (QED) is 0.565. The highest BCUT2D eigenvalue weighted by molar-refractivity contribution is 5.67. The molecule has 2 saturated carbocycles. The Bertz CT molecular complexity index is 615. The van der Waals surface area contributed by atoms with Crippen LogP contribution in [0.3, 0.4) is 0 Å². The topological polar surface area (TPSA) is 71.1 Å². The summed E-state index contributed by atoms with van der Waals surface area (Å²) in [5.41, 5.74) is 0.108. The standard InChI is InChI=1S/C20H30O6/c1-11-7-16(25-13(3)21)8-15-9-20(12(2)10-24-18(20)23-6)17(19(11,15)5)26-14(4)22/h11,15-18H,2,7-10H2,1,3-6H3/t11-,15+,16+,17-,18+,19+,20-/m0/s1. The zero-order valence-corrected chi connectivity index (χ0v) is 16.4. The Balaban J connectivity index is 2.02. The molecule has 3 fully saturated rings. The molecule has 3 rings (SSSR count). The molecule has 0 unspecified atom stereocenters. The van der Waals surface area contributed by atoms with Gasteiger partial charge in [0.05, 0.1) is 12.0 Å². The lowest BCUT2D eigenvalue weighted by molar-refractivity contribution is -0.195. The van der Waals surface area contributed by atoms with Crippen LogP contribution < -0.4 is 0 Å². The number of hydrogen-bond acceptors (Lipinski definition) is 6. The third kappa shape index (κ3) is 2.69. The van der Waals surface area contributed by atoms with E-state index < -0.39 is 11.7 Å². The summed E-state index contributed by atoms with van der Waals surface area (Å²) >= 11 is 0. The van der Waals surface area contributed by atoms with Crippen LogP contribution in [0, 0.1) is 22.7 Å². The smallest absolute Gasteiger partial charge is 0.302 e. The minimum atomic E-state index is -0.556. The second-order valence-electron chi connectivity index (χ2n) is 8.38. The van der Waals surface area contributed by atoms with Gasteiger partial charge in [-0.05, 0) is 36.7 Å². The van der Waals surface area contributed by atoms with Crippen molar-refractivity contribution in [1.29, 1.82) is 0 Å². The second-order valence-corrected chi connectivity index (χ2v) is 8.38. The van der Waals surface area contributed by atoms with Crippen LogP contribution in [0.2, 0.25) is 0 Å². The summed E-state index contributed by atoms with van der Waals surface area (Å²) < 4.78 is 23.0. The molecule has 26 heavy (non-hydrogen) atoms. The molecule has 6 heteroatoms. The average Bonchev–Trinajstić information content (AvgIpc) is 2.98. The van der Waals surface area contributed by atoms with Crippen LogP contribution in [0.5, 0.6) is 0 Å². The minimum absolute atomic E-state index is 0.106. The highest BCUT2D eigenvalue weighted by Crippen LogP contribution is 2.67. The van der Waals surface area contributed by atoms with Gasteiger partial charge in [0.2, 0.25) is 0 Å². The van der Waals surface area contributed by atoms with Gasteiger partial charge < -0.3 is 18.9 Å². The molecule has 1 aliphatic heterocycles. The van der Waals surface area contributed by atoms with E-state index in [2.05, 4.69) is 20.4 Å². The molecule has 6 nitrogen and oxygen atoms in total. The van der Waals surface area contributed by atoms with Gasteiger partial charge >= 0.3 is 11.9 Å². The maximum atomic E-state index is 12.0. The third-order valence-electron chi connectivity index (χ3n) is 7.04. The van der Waals surface area contributed by atoms with Crippen molar-refractivity contribution in [2.75, 3.05) is 13.7 Å². The van der Waals surface area contributed by atoms with Gasteiger partial charge in [0.1, 0.15) is 12.2 Å². The van der Waals surface area contributed by atoms with Gasteiger partial charge in [-0.1, -0.05) is 20.4 Å². The van der Waals surface area contributed by atoms with Crippen molar-refractivity contribution < 1.29 is 28.5 Å². The van der Waals surface area contributed by atoms with Crippen LogP contribution in [-0.4, -0.2) is 44.2 Å². The molecule has 3 aliphatic rings. The van der Waals surface area contributed by atoms with Gasteiger partial charge in [-0.25, -0.2) is 0 Å². The van der Waals surface area contributed by atoms with E-state index in [4.69, 9.17) is 18.9 Å². The van der Waals surface area contributed by atoms with Crippen molar-refractivity contribution in [2.45, 2.75) is 65.5 Å². The monoisotopic (exact) mass is 366 g/mol. The molecule has 2 aliphatic carbocycles. The lowest BCUT2D eigenvalue weighted by Crippen LogP contribution is -2.52. The van der Waals surface area contributed by atoms with Crippen molar-refractivity contribution in [2.24, 2.45) is 22.7 Å². The van der Waals surface area contributed by atoms with E-state index in [0.29, 0.717) is 6.61 Å². The predicted molar refractivity (Wildman–Crippen MR) is 94.0 cm³/mol. The van der Waals surface area contributed by atoms with Crippen LogP contribution in [0.15, 0.2) is 12.2 Å². The van der Waals surface area contributed by atoms with Gasteiger partial charge in [-0.3, -0.25) is 9.59 Å². The van der Waals surface area contributed by atoms with E-state index in [1.165, 1.54) is 13.8 Å². The molecule has 0 bridgehead atoms. The Morgan fingerprint density at radius 3 is 2.42 bits per heavy atom. The van der Waals surface area contributed by atoms with Crippen LogP contribution in [0.25, 0.3) is 0 Å². The maximum Gasteiger partial charge on any atom is 0.302 e. The van der Waals surface area contributed by atoms with Crippen molar-refractivity contribution in [3.63, 3.8) is 0 Å². The molecule has 1 saturated heterocycles. The lowest BCUT2D eigenvalue weighted by Gasteiger charge is -2.48. The first kappa shape index (κ1) is 19.4. The summed E-state index contributed by atoms with van der Waals surface area (Å²) in [6.45, 7) is 11.9. The number of methoxy groups -OCH3 is 1. The number of ether oxygens (including phenoxy) is 4. The first-order valence-corrected chi connectivity index (χ1v) is 9.33. The van der Waals surface area contributed by atoms with Crippen molar-refractivity contribution in [1.82, 2.24) is 0 Å². The normalized spacial score (nSPS) is 44.8. The Hall–Kier alpha value is -1.40. The molecular weight excluding hydrogens is 336 g/mol. The fourth-order valence-corrected chi connectivity index (χ4v) is 5.75. The van der Waals surface area contributed by atoms with Crippen LogP contribution in [0.1, 0.15) is 47.0 Å². The predicted octanol–water partition coefficient (Wildman–Crippen LogP) is 2.85. The van der Waals surface area contributed by atoms with Gasteiger partial charge in [-0.15, -0.1) is 0 Å². The fourth-order valence-electron chi connectivity index (χ4n) is 5.75. The second kappa shape index (κ2) is 6.64. The highest BCUT2D eigenvalue weighted by Gasteiger charge is 2.70. The number of carbonyl (C=O) groups is 2. The molecule has 1 heterocycles. The van der Waals surface area contributed by atoms with E-state index in [1.54, 1.807) is 7.11 Å². The zero-order valence-electron chi connectivity index (χ0n) is 16.4. The fraction of sp³-hybridized carbons (Fsp3) is 0.800. The Morgan fingerprint density at radius 2 is 1.85 bits per heavy atom. The van der Waals surface area contributed by atoms with Crippen molar-refractivity contribution in [3.8, 4) is 0 Å². The van der Waals surface area contributed by atoms with Crippen molar-refractivity contribution in [3.05, 3.63) is 12.2 Å². The minimum Gasteiger partial charge on any atom is -0.463 e. The number of hydrogen-bond donors (Lipinski definition) is 0. The molecule has 7 atom stereocenters. The van der Waals surface area contributed by atoms with Crippen LogP contribution in [0.4, 0.5) is 0 Å². The Labute approximate surface area is 155 Å². The van der Waals surface area contributed by atoms with E-state index >= 15 is 0 Å². The zero-order chi connectivity index (χ0) is 19.3. The van der Waals surface area contributed by atoms with E-state index in [0.717, 1.165) is 24.8 Å². The summed E-state index contributed by atoms with van der Waals surface area (Å²) in [6.07, 6.45) is 1.30. The molecular formula is C20H30O6. The molecule has 0 aromatic carbocycles. The van der Waals surface area contributed by atoms with Gasteiger partial charge in [0, 0.05) is 26.4 Å². The summed E-state index contributed by atoms with van der Waals surface area (Å²) in [4.78, 5) is 23.4. The Morgan fingerprint density at radius 1 is 1.19 bits per heavy atom. The molecule has 0 radical (unpaired) electrons. The number of fused-ring (bicyclic) bond motifs is 1. The maximum absolute atomic E-state index is 12.0. The summed E-state index contributed by atoms with van der Waals surface area (Å²) in [7, 11) is 1.62. The number of carbonyl (C=O) groups excluding carboxylic acids is 2. The first-order valence-electron chi connectivity index (χ1n) is 9.33.